The highest BCUT2D eigenvalue weighted by molar-refractivity contribution is 6.17. The Kier molecular flexibility index (Phi) is 6.74. The number of hydrogen-bond acceptors (Lipinski definition) is 4. The largest absolute Gasteiger partial charge is 0.307 e. The molecule has 47 heavy (non-hydrogen) atoms. The van der Waals surface area contributed by atoms with Crippen LogP contribution in [0.3, 0.4) is 0 Å². The molecule has 0 aromatic heterocycles. The minimum absolute atomic E-state index is 0.176. The molecule has 1 N–H and O–H groups in total. The fourth-order valence-electron chi connectivity index (χ4n) is 8.52. The van der Waals surface area contributed by atoms with E-state index in [2.05, 4.69) is 5.32 Å². The Morgan fingerprint density at radius 1 is 0.660 bits per heavy atom. The molecule has 4 atom stereocenters. The molecular weight excluding hydrogens is 582 g/mol. The van der Waals surface area contributed by atoms with Gasteiger partial charge in [0.25, 0.3) is 5.91 Å². The summed E-state index contributed by atoms with van der Waals surface area (Å²) in [4.78, 5) is 48.9. The van der Waals surface area contributed by atoms with E-state index in [9.17, 15) is 4.79 Å². The summed E-state index contributed by atoms with van der Waals surface area (Å²) in [6, 6.07) is 42.7. The summed E-state index contributed by atoms with van der Waals surface area (Å²) < 4.78 is 0. The highest BCUT2D eigenvalue weighted by Crippen LogP contribution is 2.65. The van der Waals surface area contributed by atoms with Crippen molar-refractivity contribution in [1.29, 1.82) is 0 Å². The van der Waals surface area contributed by atoms with Gasteiger partial charge in [0.05, 0.1) is 25.0 Å². The van der Waals surface area contributed by atoms with Crippen LogP contribution in [0.1, 0.15) is 46.3 Å². The SMILES string of the molecule is CC(=O)C1C2(NC(c3ccccc3)C13C(=O)N(Cc1ccccc1)c1ccccc13)C(=O)N(Cc1ccccc1)c1ccc(C)cc12. The summed E-state index contributed by atoms with van der Waals surface area (Å²) in [6.45, 7) is 4.23. The van der Waals surface area contributed by atoms with Gasteiger partial charge in [-0.15, -0.1) is 0 Å². The summed E-state index contributed by atoms with van der Waals surface area (Å²) in [7, 11) is 0. The van der Waals surface area contributed by atoms with Crippen LogP contribution < -0.4 is 15.1 Å². The average Bonchev–Trinajstić information content (AvgIpc) is 3.64. The summed E-state index contributed by atoms with van der Waals surface area (Å²) in [5.74, 6) is -1.62. The molecule has 232 valence electrons. The van der Waals surface area contributed by atoms with E-state index < -0.39 is 22.9 Å². The zero-order valence-electron chi connectivity index (χ0n) is 26.4. The van der Waals surface area contributed by atoms with E-state index in [1.165, 1.54) is 0 Å². The molecule has 1 saturated heterocycles. The molecule has 3 aliphatic heterocycles. The fraction of sp³-hybridized carbons (Fsp3) is 0.195. The van der Waals surface area contributed by atoms with Gasteiger partial charge in [-0.2, -0.15) is 0 Å². The minimum Gasteiger partial charge on any atom is -0.307 e. The van der Waals surface area contributed by atoms with E-state index in [1.807, 2.05) is 145 Å². The molecule has 6 heteroatoms. The van der Waals surface area contributed by atoms with Crippen LogP contribution in [0.5, 0.6) is 0 Å². The highest BCUT2D eigenvalue weighted by Gasteiger charge is 2.76. The first-order valence-electron chi connectivity index (χ1n) is 16.1. The van der Waals surface area contributed by atoms with Crippen molar-refractivity contribution in [2.75, 3.05) is 9.80 Å². The van der Waals surface area contributed by atoms with Gasteiger partial charge in [0.2, 0.25) is 5.91 Å². The molecule has 3 heterocycles. The zero-order chi connectivity index (χ0) is 32.3. The predicted molar refractivity (Wildman–Crippen MR) is 183 cm³/mol. The van der Waals surface area contributed by atoms with E-state index in [0.717, 1.165) is 44.8 Å². The number of ketones is 1. The molecule has 4 unspecified atom stereocenters. The predicted octanol–water partition coefficient (Wildman–Crippen LogP) is 6.77. The second-order valence-corrected chi connectivity index (χ2v) is 13.0. The van der Waals surface area contributed by atoms with Gasteiger partial charge >= 0.3 is 0 Å². The van der Waals surface area contributed by atoms with E-state index >= 15 is 9.59 Å². The molecular formula is C41H35N3O3. The van der Waals surface area contributed by atoms with Gasteiger partial charge in [0.15, 0.2) is 0 Å². The summed E-state index contributed by atoms with van der Waals surface area (Å²) in [6.07, 6.45) is 0. The van der Waals surface area contributed by atoms with Crippen molar-refractivity contribution >= 4 is 29.0 Å². The van der Waals surface area contributed by atoms with Crippen LogP contribution >= 0.6 is 0 Å². The first-order chi connectivity index (χ1) is 22.9. The van der Waals surface area contributed by atoms with E-state index in [-0.39, 0.29) is 17.6 Å². The molecule has 2 spiro atoms. The minimum atomic E-state index is -1.48. The lowest BCUT2D eigenvalue weighted by Crippen LogP contribution is -2.56. The van der Waals surface area contributed by atoms with Crippen molar-refractivity contribution in [2.45, 2.75) is 43.9 Å². The third kappa shape index (κ3) is 4.11. The molecule has 0 aliphatic carbocycles. The number of nitrogens with zero attached hydrogens (tertiary/aromatic N) is 2. The molecule has 3 aliphatic rings. The Labute approximate surface area is 274 Å². The molecule has 0 bridgehead atoms. The number of nitrogens with one attached hydrogen (secondary N) is 1. The number of anilines is 2. The van der Waals surface area contributed by atoms with Gasteiger partial charge in [0.1, 0.15) is 16.7 Å². The number of hydrogen-bond donors (Lipinski definition) is 1. The molecule has 0 saturated carbocycles. The van der Waals surface area contributed by atoms with Gasteiger partial charge in [0, 0.05) is 16.9 Å². The van der Waals surface area contributed by atoms with Crippen molar-refractivity contribution in [1.82, 2.24) is 5.32 Å². The molecule has 2 amide bonds. The molecule has 5 aromatic carbocycles. The second-order valence-electron chi connectivity index (χ2n) is 13.0. The highest BCUT2D eigenvalue weighted by atomic mass is 16.2. The lowest BCUT2D eigenvalue weighted by atomic mass is 9.60. The van der Waals surface area contributed by atoms with Crippen LogP contribution in [0, 0.1) is 12.8 Å². The molecule has 1 fully saturated rings. The van der Waals surface area contributed by atoms with Gasteiger partial charge in [-0.05, 0) is 48.2 Å². The van der Waals surface area contributed by atoms with Crippen LogP contribution in [-0.4, -0.2) is 17.6 Å². The molecule has 6 nitrogen and oxygen atoms in total. The quantitative estimate of drug-likeness (QED) is 0.228. The Balaban J connectivity index is 1.40. The van der Waals surface area contributed by atoms with E-state index in [0.29, 0.717) is 13.1 Å². The Morgan fingerprint density at radius 3 is 1.81 bits per heavy atom. The lowest BCUT2D eigenvalue weighted by molar-refractivity contribution is -0.137. The maximum absolute atomic E-state index is 15.5. The zero-order valence-corrected chi connectivity index (χ0v) is 26.4. The number of rotatable bonds is 6. The van der Waals surface area contributed by atoms with E-state index in [1.54, 1.807) is 11.8 Å². The van der Waals surface area contributed by atoms with Crippen molar-refractivity contribution in [3.63, 3.8) is 0 Å². The van der Waals surface area contributed by atoms with Crippen molar-refractivity contribution < 1.29 is 14.4 Å². The van der Waals surface area contributed by atoms with Crippen LogP contribution in [0.15, 0.2) is 133 Å². The fourth-order valence-corrected chi connectivity index (χ4v) is 8.52. The third-order valence-corrected chi connectivity index (χ3v) is 10.3. The summed E-state index contributed by atoms with van der Waals surface area (Å²) in [5, 5.41) is 3.79. The topological polar surface area (TPSA) is 69.7 Å². The monoisotopic (exact) mass is 617 g/mol. The first kappa shape index (κ1) is 29.1. The van der Waals surface area contributed by atoms with Gasteiger partial charge in [-0.3, -0.25) is 19.7 Å². The Morgan fingerprint density at radius 2 is 1.19 bits per heavy atom. The maximum atomic E-state index is 15.5. The van der Waals surface area contributed by atoms with Crippen molar-refractivity contribution in [2.24, 2.45) is 5.92 Å². The smallest absolute Gasteiger partial charge is 0.253 e. The standard InChI is InChI=1S/C41H35N3O3/c1-27-22-23-35-33(24-27)41(39(47)44(35)26-30-16-8-4-9-17-30)36(28(2)45)40(37(42-41)31-18-10-5-11-19-31)32-20-12-13-21-34(32)43(38(40)46)25-29-14-6-3-7-15-29/h3-24,36-37,42H,25-26H2,1-2H3. The Bertz CT molecular complexity index is 2030. The average molecular weight is 618 g/mol. The van der Waals surface area contributed by atoms with Crippen molar-refractivity contribution in [3.8, 4) is 0 Å². The number of benzene rings is 5. The number of Topliss-reactive ketones (excluding diaryl/α,β-unsaturated/α-hetero) is 1. The van der Waals surface area contributed by atoms with Crippen LogP contribution in [0.4, 0.5) is 11.4 Å². The van der Waals surface area contributed by atoms with Crippen LogP contribution in [0.25, 0.3) is 0 Å². The molecule has 5 aromatic rings. The number of fused-ring (bicyclic) bond motifs is 4. The number of para-hydroxylation sites is 1. The number of amides is 2. The maximum Gasteiger partial charge on any atom is 0.253 e. The van der Waals surface area contributed by atoms with Gasteiger partial charge in [-0.25, -0.2) is 0 Å². The number of carbonyl (C=O) groups excluding carboxylic acids is 3. The van der Waals surface area contributed by atoms with E-state index in [4.69, 9.17) is 0 Å². The summed E-state index contributed by atoms with van der Waals surface area (Å²) in [5.41, 5.74) is 3.95. The van der Waals surface area contributed by atoms with Crippen molar-refractivity contribution in [3.05, 3.63) is 167 Å². The second kappa shape index (κ2) is 10.9. The van der Waals surface area contributed by atoms with Gasteiger partial charge < -0.3 is 9.80 Å². The number of carbonyl (C=O) groups is 3. The van der Waals surface area contributed by atoms with Gasteiger partial charge in [-0.1, -0.05) is 127 Å². The van der Waals surface area contributed by atoms with Crippen LogP contribution in [0.2, 0.25) is 0 Å². The first-order valence-corrected chi connectivity index (χ1v) is 16.1. The van der Waals surface area contributed by atoms with Crippen LogP contribution in [-0.2, 0) is 38.4 Å². The third-order valence-electron chi connectivity index (χ3n) is 10.3. The Hall–Kier alpha value is -5.33. The molecule has 8 rings (SSSR count). The lowest BCUT2D eigenvalue weighted by Gasteiger charge is -2.37. The summed E-state index contributed by atoms with van der Waals surface area (Å²) >= 11 is 0. The normalized spacial score (nSPS) is 24.3. The number of aryl methyl sites for hydroxylation is 1. The molecule has 0 radical (unpaired) electrons.